The van der Waals surface area contributed by atoms with Gasteiger partial charge in [0.2, 0.25) is 5.91 Å². The molecule has 0 saturated heterocycles. The number of carboxylic acids is 1. The van der Waals surface area contributed by atoms with Crippen molar-refractivity contribution in [2.75, 3.05) is 0 Å². The number of hydrogen-bond acceptors (Lipinski definition) is 3. The fourth-order valence-electron chi connectivity index (χ4n) is 2.18. The van der Waals surface area contributed by atoms with Crippen LogP contribution in [0.1, 0.15) is 35.2 Å². The van der Waals surface area contributed by atoms with Crippen molar-refractivity contribution in [3.63, 3.8) is 0 Å². The maximum atomic E-state index is 11.2. The molecule has 1 aromatic carbocycles. The smallest absolute Gasteiger partial charge is 0.323 e. The van der Waals surface area contributed by atoms with Gasteiger partial charge in [0, 0.05) is 12.1 Å². The average Bonchev–Trinajstić information content (AvgIpc) is 2.27. The molecule has 0 spiro atoms. The summed E-state index contributed by atoms with van der Waals surface area (Å²) in [5.41, 5.74) is 5.62. The van der Waals surface area contributed by atoms with E-state index in [1.165, 1.54) is 0 Å². The number of carbonyl (C=O) groups is 2. The fraction of sp³-hybridized carbons (Fsp3) is 0.385. The Bertz CT molecular complexity index is 481. The van der Waals surface area contributed by atoms with Crippen LogP contribution in [0.5, 0.6) is 0 Å². The zero-order valence-electron chi connectivity index (χ0n) is 9.98. The Kier molecular flexibility index (Phi) is 3.34. The Morgan fingerprint density at radius 3 is 2.50 bits per heavy atom. The molecular weight excluding hydrogens is 232 g/mol. The third-order valence-corrected chi connectivity index (χ3v) is 3.52. The molecule has 1 amide bonds. The highest BCUT2D eigenvalue weighted by atomic mass is 16.4. The number of nitrogens with two attached hydrogens (primary N) is 1. The molecule has 4 N–H and O–H groups in total. The van der Waals surface area contributed by atoms with Gasteiger partial charge in [0.25, 0.3) is 0 Å². The van der Waals surface area contributed by atoms with E-state index in [0.717, 1.165) is 12.0 Å². The highest BCUT2D eigenvalue weighted by molar-refractivity contribution is 5.94. The Morgan fingerprint density at radius 1 is 1.33 bits per heavy atom. The van der Waals surface area contributed by atoms with Crippen molar-refractivity contribution in [2.45, 2.75) is 31.3 Å². The minimum atomic E-state index is -0.829. The van der Waals surface area contributed by atoms with Gasteiger partial charge in [0.15, 0.2) is 0 Å². The number of rotatable bonds is 5. The minimum Gasteiger partial charge on any atom is -0.480 e. The summed E-state index contributed by atoms with van der Waals surface area (Å²) in [4.78, 5) is 22.4. The molecule has 0 aromatic heterocycles. The van der Waals surface area contributed by atoms with Crippen LogP contribution in [0.25, 0.3) is 0 Å². The lowest BCUT2D eigenvalue weighted by molar-refractivity contribution is -0.148. The second-order valence-electron chi connectivity index (χ2n) is 4.62. The molecule has 96 valence electrons. The van der Waals surface area contributed by atoms with Crippen LogP contribution in [0.2, 0.25) is 0 Å². The summed E-state index contributed by atoms with van der Waals surface area (Å²) in [6.07, 6.45) is 2.17. The van der Waals surface area contributed by atoms with Crippen molar-refractivity contribution in [1.29, 1.82) is 0 Å². The molecule has 0 atom stereocenters. The predicted molar refractivity (Wildman–Crippen MR) is 66.0 cm³/mol. The van der Waals surface area contributed by atoms with Gasteiger partial charge < -0.3 is 10.8 Å². The molecule has 1 saturated carbocycles. The molecule has 2 rings (SSSR count). The van der Waals surface area contributed by atoms with Gasteiger partial charge in [-0.1, -0.05) is 18.2 Å². The van der Waals surface area contributed by atoms with Crippen LogP contribution in [0, 0.1) is 0 Å². The summed E-state index contributed by atoms with van der Waals surface area (Å²) in [5, 5.41) is 12.2. The zero-order valence-corrected chi connectivity index (χ0v) is 9.98. The summed E-state index contributed by atoms with van der Waals surface area (Å²) >= 11 is 0. The predicted octanol–water partition coefficient (Wildman–Crippen LogP) is 0.882. The van der Waals surface area contributed by atoms with E-state index < -0.39 is 17.4 Å². The van der Waals surface area contributed by atoms with E-state index >= 15 is 0 Å². The molecule has 18 heavy (non-hydrogen) atoms. The standard InChI is InChI=1S/C13H16N2O3/c14-11(16)10-5-2-1-4-9(10)8-15-13(12(17)18)6-3-7-13/h1-2,4-5,15H,3,6-8H2,(H2,14,16)(H,17,18). The quantitative estimate of drug-likeness (QED) is 0.721. The van der Waals surface area contributed by atoms with Gasteiger partial charge in [-0.05, 0) is 30.9 Å². The number of hydrogen-bond donors (Lipinski definition) is 3. The van der Waals surface area contributed by atoms with Crippen molar-refractivity contribution >= 4 is 11.9 Å². The lowest BCUT2D eigenvalue weighted by atomic mass is 9.76. The van der Waals surface area contributed by atoms with Crippen LogP contribution >= 0.6 is 0 Å². The first-order chi connectivity index (χ1) is 8.55. The first-order valence-corrected chi connectivity index (χ1v) is 5.91. The summed E-state index contributed by atoms with van der Waals surface area (Å²) in [6.45, 7) is 0.339. The van der Waals surface area contributed by atoms with Gasteiger partial charge >= 0.3 is 5.97 Å². The Balaban J connectivity index is 2.11. The summed E-state index contributed by atoms with van der Waals surface area (Å²) in [6, 6.07) is 6.96. The van der Waals surface area contributed by atoms with Crippen molar-refractivity contribution in [3.05, 3.63) is 35.4 Å². The molecule has 0 aliphatic heterocycles. The van der Waals surface area contributed by atoms with E-state index in [4.69, 9.17) is 5.73 Å². The summed E-state index contributed by atoms with van der Waals surface area (Å²) < 4.78 is 0. The van der Waals surface area contributed by atoms with Crippen molar-refractivity contribution in [2.24, 2.45) is 5.73 Å². The Labute approximate surface area is 105 Å². The van der Waals surface area contributed by atoms with Crippen molar-refractivity contribution in [1.82, 2.24) is 5.32 Å². The normalized spacial score (nSPS) is 16.9. The Morgan fingerprint density at radius 2 is 2.00 bits per heavy atom. The molecule has 1 fully saturated rings. The van der Waals surface area contributed by atoms with Gasteiger partial charge in [-0.3, -0.25) is 14.9 Å². The first kappa shape index (κ1) is 12.6. The van der Waals surface area contributed by atoms with E-state index in [1.54, 1.807) is 24.3 Å². The van der Waals surface area contributed by atoms with Crippen LogP contribution in [0.3, 0.4) is 0 Å². The van der Waals surface area contributed by atoms with Crippen LogP contribution in [-0.4, -0.2) is 22.5 Å². The van der Waals surface area contributed by atoms with Crippen LogP contribution < -0.4 is 11.1 Å². The highest BCUT2D eigenvalue weighted by Gasteiger charge is 2.43. The molecule has 5 heteroatoms. The first-order valence-electron chi connectivity index (χ1n) is 5.91. The molecular formula is C13H16N2O3. The Hall–Kier alpha value is -1.88. The summed E-state index contributed by atoms with van der Waals surface area (Å²) in [5.74, 6) is -1.32. The highest BCUT2D eigenvalue weighted by Crippen LogP contribution is 2.32. The second-order valence-corrected chi connectivity index (χ2v) is 4.62. The molecule has 1 aliphatic rings. The van der Waals surface area contributed by atoms with E-state index in [0.29, 0.717) is 24.9 Å². The summed E-state index contributed by atoms with van der Waals surface area (Å²) in [7, 11) is 0. The van der Waals surface area contributed by atoms with E-state index in [9.17, 15) is 14.7 Å². The SMILES string of the molecule is NC(=O)c1ccccc1CNC1(C(=O)O)CCC1. The fourth-order valence-corrected chi connectivity index (χ4v) is 2.18. The van der Waals surface area contributed by atoms with Crippen molar-refractivity contribution in [3.8, 4) is 0 Å². The molecule has 1 aliphatic carbocycles. The molecule has 0 bridgehead atoms. The van der Waals surface area contributed by atoms with Crippen LogP contribution in [-0.2, 0) is 11.3 Å². The van der Waals surface area contributed by atoms with Crippen LogP contribution in [0.4, 0.5) is 0 Å². The van der Waals surface area contributed by atoms with Gasteiger partial charge in [0.1, 0.15) is 5.54 Å². The van der Waals surface area contributed by atoms with E-state index in [2.05, 4.69) is 5.32 Å². The zero-order chi connectivity index (χ0) is 13.2. The lowest BCUT2D eigenvalue weighted by Crippen LogP contribution is -2.56. The number of carboxylic acid groups (broad SMARTS) is 1. The molecule has 5 nitrogen and oxygen atoms in total. The number of aliphatic carboxylic acids is 1. The number of amides is 1. The van der Waals surface area contributed by atoms with E-state index in [1.807, 2.05) is 0 Å². The van der Waals surface area contributed by atoms with Gasteiger partial charge in [-0.2, -0.15) is 0 Å². The van der Waals surface area contributed by atoms with Gasteiger partial charge in [0.05, 0.1) is 0 Å². The van der Waals surface area contributed by atoms with E-state index in [-0.39, 0.29) is 0 Å². The maximum absolute atomic E-state index is 11.2. The topological polar surface area (TPSA) is 92.4 Å². The molecule has 0 unspecified atom stereocenters. The molecule has 1 aromatic rings. The van der Waals surface area contributed by atoms with Crippen LogP contribution in [0.15, 0.2) is 24.3 Å². The monoisotopic (exact) mass is 248 g/mol. The third-order valence-electron chi connectivity index (χ3n) is 3.52. The van der Waals surface area contributed by atoms with Crippen molar-refractivity contribution < 1.29 is 14.7 Å². The number of benzene rings is 1. The van der Waals surface area contributed by atoms with Gasteiger partial charge in [-0.15, -0.1) is 0 Å². The number of carbonyl (C=O) groups excluding carboxylic acids is 1. The average molecular weight is 248 g/mol. The molecule has 0 radical (unpaired) electrons. The van der Waals surface area contributed by atoms with Gasteiger partial charge in [-0.25, -0.2) is 0 Å². The third kappa shape index (κ3) is 2.22. The number of nitrogens with one attached hydrogen (secondary N) is 1. The largest absolute Gasteiger partial charge is 0.480 e. The second kappa shape index (κ2) is 4.78. The minimum absolute atomic E-state index is 0.339. The number of primary amides is 1. The maximum Gasteiger partial charge on any atom is 0.323 e. The molecule has 0 heterocycles. The lowest BCUT2D eigenvalue weighted by Gasteiger charge is -2.38.